The van der Waals surface area contributed by atoms with Crippen LogP contribution >= 0.6 is 0 Å². The minimum atomic E-state index is -0.852. The maximum Gasteiger partial charge on any atom is 0.275 e. The maximum absolute atomic E-state index is 12.2. The lowest BCUT2D eigenvalue weighted by Gasteiger charge is -2.05. The number of hydrogen-bond acceptors (Lipinski definition) is 7. The Hall–Kier alpha value is -3.36. The van der Waals surface area contributed by atoms with Crippen molar-refractivity contribution in [1.82, 2.24) is 24.3 Å². The first kappa shape index (κ1) is 12.7. The van der Waals surface area contributed by atoms with Gasteiger partial charge in [0.15, 0.2) is 5.56 Å². The summed E-state index contributed by atoms with van der Waals surface area (Å²) in [6.07, 6.45) is 5.67. The Morgan fingerprint density at radius 1 is 1.14 bits per heavy atom. The van der Waals surface area contributed by atoms with Gasteiger partial charge in [0.2, 0.25) is 17.6 Å². The van der Waals surface area contributed by atoms with Crippen LogP contribution in [0, 0.1) is 0 Å². The largest absolute Gasteiger partial charge is 0.492 e. The van der Waals surface area contributed by atoms with Crippen molar-refractivity contribution in [3.8, 4) is 5.88 Å². The summed E-state index contributed by atoms with van der Waals surface area (Å²) in [6.45, 7) is 0. The van der Waals surface area contributed by atoms with Gasteiger partial charge < -0.3 is 5.11 Å². The van der Waals surface area contributed by atoms with Crippen molar-refractivity contribution in [2.24, 2.45) is 0 Å². The van der Waals surface area contributed by atoms with E-state index in [1.165, 1.54) is 30.9 Å². The molecule has 0 bridgehead atoms. The predicted molar refractivity (Wildman–Crippen MR) is 70.9 cm³/mol. The van der Waals surface area contributed by atoms with Crippen LogP contribution in [0.25, 0.3) is 5.78 Å². The van der Waals surface area contributed by atoms with E-state index in [1.807, 2.05) is 0 Å². The average molecular weight is 284 g/mol. The summed E-state index contributed by atoms with van der Waals surface area (Å²) >= 11 is 0. The van der Waals surface area contributed by atoms with Crippen LogP contribution in [0.2, 0.25) is 0 Å². The molecule has 3 aromatic heterocycles. The highest BCUT2D eigenvalue weighted by Gasteiger charge is 2.20. The second-order valence-corrected chi connectivity index (χ2v) is 3.93. The fourth-order valence-electron chi connectivity index (χ4n) is 1.70. The van der Waals surface area contributed by atoms with Crippen LogP contribution < -0.4 is 10.9 Å². The van der Waals surface area contributed by atoms with Crippen LogP contribution in [0.4, 0.5) is 5.95 Å². The molecule has 3 aromatic rings. The summed E-state index contributed by atoms with van der Waals surface area (Å²) in [5.74, 6) is -1.55. The lowest BCUT2D eigenvalue weighted by molar-refractivity contribution is 0.102. The van der Waals surface area contributed by atoms with E-state index in [0.717, 1.165) is 4.40 Å². The molecule has 0 aromatic carbocycles. The Labute approximate surface area is 117 Å². The molecule has 21 heavy (non-hydrogen) atoms. The van der Waals surface area contributed by atoms with Crippen LogP contribution in [0.15, 0.2) is 41.7 Å². The summed E-state index contributed by atoms with van der Waals surface area (Å²) in [5.41, 5.74) is -1.24. The Balaban J connectivity index is 2.08. The van der Waals surface area contributed by atoms with E-state index in [0.29, 0.717) is 0 Å². The van der Waals surface area contributed by atoms with Gasteiger partial charge in [-0.25, -0.2) is 15.0 Å². The molecule has 0 radical (unpaired) electrons. The van der Waals surface area contributed by atoms with Crippen LogP contribution in [-0.4, -0.2) is 35.4 Å². The summed E-state index contributed by atoms with van der Waals surface area (Å²) in [7, 11) is 0. The highest BCUT2D eigenvalue weighted by atomic mass is 16.3. The Morgan fingerprint density at radius 2 is 1.86 bits per heavy atom. The van der Waals surface area contributed by atoms with E-state index in [4.69, 9.17) is 0 Å². The lowest BCUT2D eigenvalue weighted by atomic mass is 10.3. The van der Waals surface area contributed by atoms with Gasteiger partial charge in [-0.3, -0.25) is 19.3 Å². The van der Waals surface area contributed by atoms with Gasteiger partial charge in [0.1, 0.15) is 0 Å². The van der Waals surface area contributed by atoms with Crippen molar-refractivity contribution < 1.29 is 9.90 Å². The quantitative estimate of drug-likeness (QED) is 0.670. The molecular weight excluding hydrogens is 276 g/mol. The monoisotopic (exact) mass is 284 g/mol. The number of anilines is 1. The molecule has 3 rings (SSSR count). The molecule has 0 spiro atoms. The lowest BCUT2D eigenvalue weighted by Crippen LogP contribution is -2.27. The maximum atomic E-state index is 12.2. The first-order valence-electron chi connectivity index (χ1n) is 5.81. The first-order chi connectivity index (χ1) is 10.2. The molecule has 0 fully saturated rings. The van der Waals surface area contributed by atoms with Crippen molar-refractivity contribution in [2.75, 3.05) is 5.32 Å². The highest BCUT2D eigenvalue weighted by Crippen LogP contribution is 2.11. The van der Waals surface area contributed by atoms with E-state index >= 15 is 0 Å². The van der Waals surface area contributed by atoms with Crippen LogP contribution in [-0.2, 0) is 0 Å². The molecule has 0 aliphatic rings. The second kappa shape index (κ2) is 4.96. The molecule has 0 saturated carbocycles. The number of aromatic hydroxyl groups is 1. The fourth-order valence-corrected chi connectivity index (χ4v) is 1.70. The van der Waals surface area contributed by atoms with E-state index in [2.05, 4.69) is 25.3 Å². The number of nitrogens with zero attached hydrogens (tertiary/aromatic N) is 5. The minimum absolute atomic E-state index is 0.00693. The number of nitrogens with one attached hydrogen (secondary N) is 1. The normalized spacial score (nSPS) is 10.5. The summed E-state index contributed by atoms with van der Waals surface area (Å²) in [4.78, 5) is 39.4. The molecule has 9 nitrogen and oxygen atoms in total. The van der Waals surface area contributed by atoms with Crippen LogP contribution in [0.5, 0.6) is 5.88 Å². The van der Waals surface area contributed by atoms with Gasteiger partial charge in [-0.1, -0.05) is 0 Å². The fraction of sp³-hybridized carbons (Fsp3) is 0. The van der Waals surface area contributed by atoms with Crippen molar-refractivity contribution in [1.29, 1.82) is 0 Å². The number of carbonyl (C=O) groups excluding carboxylic acids is 1. The molecule has 0 saturated heterocycles. The minimum Gasteiger partial charge on any atom is -0.492 e. The van der Waals surface area contributed by atoms with Gasteiger partial charge in [-0.15, -0.1) is 0 Å². The van der Waals surface area contributed by atoms with Crippen molar-refractivity contribution in [2.45, 2.75) is 0 Å². The molecule has 3 heterocycles. The zero-order valence-electron chi connectivity index (χ0n) is 10.5. The number of amides is 1. The number of hydrogen-bond donors (Lipinski definition) is 2. The van der Waals surface area contributed by atoms with Crippen LogP contribution in [0.3, 0.4) is 0 Å². The first-order valence-corrected chi connectivity index (χ1v) is 5.81. The Bertz CT molecular complexity index is 877. The van der Waals surface area contributed by atoms with E-state index in [1.54, 1.807) is 6.07 Å². The third-order valence-electron chi connectivity index (χ3n) is 2.61. The molecule has 9 heteroatoms. The standard InChI is InChI=1S/C12H8N6O3/c19-8(16-11-13-3-1-4-14-11)7-9(20)17-12-15-5-2-6-18(12)10(7)21/h1-6,20H,(H,13,14,16,19). The number of aromatic nitrogens is 5. The molecule has 104 valence electrons. The van der Waals surface area contributed by atoms with Crippen molar-refractivity contribution in [3.63, 3.8) is 0 Å². The number of fused-ring (bicyclic) bond motifs is 1. The zero-order chi connectivity index (χ0) is 14.8. The van der Waals surface area contributed by atoms with Gasteiger partial charge >= 0.3 is 0 Å². The molecule has 0 aliphatic carbocycles. The molecule has 2 N–H and O–H groups in total. The third kappa shape index (κ3) is 2.27. The molecule has 1 amide bonds. The van der Waals surface area contributed by atoms with Crippen molar-refractivity contribution >= 4 is 17.6 Å². The summed E-state index contributed by atoms with van der Waals surface area (Å²) in [6, 6.07) is 3.08. The van der Waals surface area contributed by atoms with E-state index < -0.39 is 22.9 Å². The Kier molecular flexibility index (Phi) is 2.99. The molecule has 0 unspecified atom stereocenters. The summed E-state index contributed by atoms with van der Waals surface area (Å²) in [5, 5.41) is 12.1. The topological polar surface area (TPSA) is 122 Å². The van der Waals surface area contributed by atoms with Gasteiger partial charge in [0.25, 0.3) is 11.5 Å². The average Bonchev–Trinajstić information content (AvgIpc) is 2.48. The molecule has 0 atom stereocenters. The zero-order valence-corrected chi connectivity index (χ0v) is 10.5. The van der Waals surface area contributed by atoms with Gasteiger partial charge in [0.05, 0.1) is 0 Å². The summed E-state index contributed by atoms with van der Waals surface area (Å²) < 4.78 is 1.06. The van der Waals surface area contributed by atoms with Crippen molar-refractivity contribution in [3.05, 3.63) is 52.8 Å². The third-order valence-corrected chi connectivity index (χ3v) is 2.61. The van der Waals surface area contributed by atoms with E-state index in [9.17, 15) is 14.7 Å². The predicted octanol–water partition coefficient (Wildman–Crippen LogP) is -0.163. The highest BCUT2D eigenvalue weighted by molar-refractivity contribution is 6.04. The van der Waals surface area contributed by atoms with Gasteiger partial charge in [-0.2, -0.15) is 4.98 Å². The molecular formula is C12H8N6O3. The van der Waals surface area contributed by atoms with E-state index in [-0.39, 0.29) is 11.7 Å². The van der Waals surface area contributed by atoms with Gasteiger partial charge in [-0.05, 0) is 12.1 Å². The second-order valence-electron chi connectivity index (χ2n) is 3.93. The molecule has 0 aliphatic heterocycles. The van der Waals surface area contributed by atoms with Crippen LogP contribution in [0.1, 0.15) is 10.4 Å². The Morgan fingerprint density at radius 3 is 2.62 bits per heavy atom. The smallest absolute Gasteiger partial charge is 0.275 e. The van der Waals surface area contributed by atoms with Gasteiger partial charge in [0, 0.05) is 24.8 Å². The SMILES string of the molecule is O=C(Nc1ncccn1)c1c(O)nc2ncccn2c1=O. The number of rotatable bonds is 2. The number of carbonyl (C=O) groups is 1.